The summed E-state index contributed by atoms with van der Waals surface area (Å²) >= 11 is 0. The molecule has 1 unspecified atom stereocenters. The lowest BCUT2D eigenvalue weighted by Gasteiger charge is -2.16. The van der Waals surface area contributed by atoms with Crippen molar-refractivity contribution < 1.29 is 9.72 Å². The highest BCUT2D eigenvalue weighted by Gasteiger charge is 2.23. The summed E-state index contributed by atoms with van der Waals surface area (Å²) in [5.41, 5.74) is 0. The van der Waals surface area contributed by atoms with Crippen LogP contribution in [0, 0.1) is 10.1 Å². The van der Waals surface area contributed by atoms with E-state index in [0.29, 0.717) is 0 Å². The van der Waals surface area contributed by atoms with Gasteiger partial charge in [-0.3, -0.25) is 9.36 Å². The van der Waals surface area contributed by atoms with E-state index in [0.717, 1.165) is 0 Å². The van der Waals surface area contributed by atoms with E-state index >= 15 is 0 Å². The van der Waals surface area contributed by atoms with E-state index < -0.39 is 11.0 Å². The van der Waals surface area contributed by atoms with Crippen LogP contribution in [0.2, 0.25) is 0 Å². The second-order valence-electron chi connectivity index (χ2n) is 4.31. The zero-order valence-electron chi connectivity index (χ0n) is 10.8. The second-order valence-corrected chi connectivity index (χ2v) is 4.31. The molecular weight excluding hydrogens is 238 g/mol. The van der Waals surface area contributed by atoms with Crippen molar-refractivity contribution in [3.63, 3.8) is 0 Å². The van der Waals surface area contributed by atoms with Crippen LogP contribution in [-0.2, 0) is 11.8 Å². The first-order chi connectivity index (χ1) is 8.32. The Bertz CT molecular complexity index is 454. The molecule has 0 aromatic carbocycles. The number of nitrogens with zero attached hydrogens (tertiary/aromatic N) is 3. The van der Waals surface area contributed by atoms with Crippen molar-refractivity contribution in [1.82, 2.24) is 14.9 Å². The molecule has 1 atom stereocenters. The van der Waals surface area contributed by atoms with Gasteiger partial charge in [0.1, 0.15) is 6.04 Å². The normalized spacial score (nSPS) is 12.3. The summed E-state index contributed by atoms with van der Waals surface area (Å²) in [4.78, 5) is 25.5. The van der Waals surface area contributed by atoms with Crippen molar-refractivity contribution in [2.24, 2.45) is 7.05 Å². The predicted octanol–water partition coefficient (Wildman–Crippen LogP) is 0.653. The molecule has 0 aliphatic heterocycles. The zero-order chi connectivity index (χ0) is 13.9. The highest BCUT2D eigenvalue weighted by molar-refractivity contribution is 5.84. The minimum atomic E-state index is -0.588. The monoisotopic (exact) mass is 255 g/mol. The van der Waals surface area contributed by atoms with Gasteiger partial charge in [0.2, 0.25) is 18.1 Å². The number of aromatic nitrogens is 2. The van der Waals surface area contributed by atoms with Crippen molar-refractivity contribution in [2.45, 2.75) is 32.9 Å². The Morgan fingerprint density at radius 3 is 2.61 bits per heavy atom. The quantitative estimate of drug-likeness (QED) is 0.594. The van der Waals surface area contributed by atoms with Crippen LogP contribution in [0.3, 0.4) is 0 Å². The smallest absolute Gasteiger partial charge is 0.358 e. The first-order valence-corrected chi connectivity index (χ1v) is 5.55. The maximum Gasteiger partial charge on any atom is 0.406 e. The molecule has 2 N–H and O–H groups in total. The summed E-state index contributed by atoms with van der Waals surface area (Å²) in [6.45, 7) is 5.32. The lowest BCUT2D eigenvalue weighted by Crippen LogP contribution is -2.41. The van der Waals surface area contributed by atoms with Gasteiger partial charge in [-0.05, 0) is 30.7 Å². The fraction of sp³-hybridized carbons (Fsp3) is 0.600. The highest BCUT2D eigenvalue weighted by atomic mass is 16.6. The van der Waals surface area contributed by atoms with Crippen LogP contribution in [-0.4, -0.2) is 32.5 Å². The highest BCUT2D eigenvalue weighted by Crippen LogP contribution is 2.21. The number of hydrogen-bond acceptors (Lipinski definition) is 5. The molecule has 0 fully saturated rings. The molecular formula is C10H17N5O3. The number of carbonyl (C=O) groups is 1. The lowest BCUT2D eigenvalue weighted by molar-refractivity contribution is -0.388. The third-order valence-corrected chi connectivity index (χ3v) is 2.27. The molecule has 1 aromatic heterocycles. The van der Waals surface area contributed by atoms with Gasteiger partial charge in [-0.1, -0.05) is 0 Å². The van der Waals surface area contributed by atoms with E-state index in [1.165, 1.54) is 10.9 Å². The average Bonchev–Trinajstić information content (AvgIpc) is 2.59. The SMILES string of the molecule is CC(C)NC(=O)C(C)Nc1c([N+](=O)[O-])ncn1C. The summed E-state index contributed by atoms with van der Waals surface area (Å²) < 4.78 is 1.47. The minimum absolute atomic E-state index is 0.0169. The number of hydrogen-bond donors (Lipinski definition) is 2. The maximum absolute atomic E-state index is 11.7. The number of nitrogens with one attached hydrogen (secondary N) is 2. The third kappa shape index (κ3) is 3.19. The molecule has 0 saturated carbocycles. The summed E-state index contributed by atoms with van der Waals surface area (Å²) in [7, 11) is 1.62. The van der Waals surface area contributed by atoms with Crippen molar-refractivity contribution in [2.75, 3.05) is 5.32 Å². The molecule has 1 rings (SSSR count). The van der Waals surface area contributed by atoms with E-state index in [-0.39, 0.29) is 23.6 Å². The van der Waals surface area contributed by atoms with Crippen LogP contribution in [0.4, 0.5) is 11.6 Å². The van der Waals surface area contributed by atoms with Gasteiger partial charge in [0.15, 0.2) is 0 Å². The molecule has 8 heteroatoms. The van der Waals surface area contributed by atoms with Gasteiger partial charge in [-0.15, -0.1) is 0 Å². The fourth-order valence-corrected chi connectivity index (χ4v) is 1.40. The Morgan fingerprint density at radius 1 is 1.50 bits per heavy atom. The molecule has 8 nitrogen and oxygen atoms in total. The number of rotatable bonds is 5. The minimum Gasteiger partial charge on any atom is -0.358 e. The number of anilines is 1. The van der Waals surface area contributed by atoms with Crippen molar-refractivity contribution in [3.8, 4) is 0 Å². The first kappa shape index (κ1) is 13.9. The van der Waals surface area contributed by atoms with E-state index in [1.54, 1.807) is 14.0 Å². The number of amides is 1. The Balaban J connectivity index is 2.81. The van der Waals surface area contributed by atoms with Crippen LogP contribution >= 0.6 is 0 Å². The molecule has 100 valence electrons. The molecule has 0 aliphatic rings. The molecule has 0 aliphatic carbocycles. The number of imidazole rings is 1. The standard InChI is InChI=1S/C10H17N5O3/c1-6(2)12-10(16)7(3)13-9-8(15(17)18)11-5-14(9)4/h5-7,13H,1-4H3,(H,12,16). The van der Waals surface area contributed by atoms with E-state index in [4.69, 9.17) is 0 Å². The summed E-state index contributed by atoms with van der Waals surface area (Å²) in [5, 5.41) is 16.3. The van der Waals surface area contributed by atoms with Gasteiger partial charge in [0.25, 0.3) is 0 Å². The van der Waals surface area contributed by atoms with E-state index in [9.17, 15) is 14.9 Å². The van der Waals surface area contributed by atoms with Gasteiger partial charge in [-0.25, -0.2) is 0 Å². The van der Waals surface area contributed by atoms with E-state index in [1.807, 2.05) is 13.8 Å². The molecule has 1 aromatic rings. The molecule has 18 heavy (non-hydrogen) atoms. The van der Waals surface area contributed by atoms with Crippen LogP contribution in [0.5, 0.6) is 0 Å². The van der Waals surface area contributed by atoms with Gasteiger partial charge < -0.3 is 20.7 Å². The average molecular weight is 255 g/mol. The molecule has 0 spiro atoms. The predicted molar refractivity (Wildman–Crippen MR) is 66.2 cm³/mol. The zero-order valence-corrected chi connectivity index (χ0v) is 10.8. The van der Waals surface area contributed by atoms with E-state index in [2.05, 4.69) is 15.6 Å². The Morgan fingerprint density at radius 2 is 2.11 bits per heavy atom. The molecule has 0 bridgehead atoms. The molecule has 1 amide bonds. The maximum atomic E-state index is 11.7. The Labute approximate surface area is 105 Å². The van der Waals surface area contributed by atoms with Gasteiger partial charge >= 0.3 is 5.82 Å². The van der Waals surface area contributed by atoms with Crippen molar-refractivity contribution in [1.29, 1.82) is 0 Å². The summed E-state index contributed by atoms with van der Waals surface area (Å²) in [6.07, 6.45) is 1.33. The van der Waals surface area contributed by atoms with Crippen LogP contribution in [0.1, 0.15) is 20.8 Å². The third-order valence-electron chi connectivity index (χ3n) is 2.27. The van der Waals surface area contributed by atoms with Gasteiger partial charge in [0.05, 0.1) is 0 Å². The largest absolute Gasteiger partial charge is 0.406 e. The Kier molecular flexibility index (Phi) is 4.24. The van der Waals surface area contributed by atoms with Crippen LogP contribution < -0.4 is 10.6 Å². The first-order valence-electron chi connectivity index (χ1n) is 5.55. The summed E-state index contributed by atoms with van der Waals surface area (Å²) in [5.74, 6) is -0.298. The van der Waals surface area contributed by atoms with Crippen molar-refractivity contribution >= 4 is 17.5 Å². The topological polar surface area (TPSA) is 102 Å². The molecule has 1 heterocycles. The van der Waals surface area contributed by atoms with Gasteiger partial charge in [-0.2, -0.15) is 0 Å². The second kappa shape index (κ2) is 5.48. The number of carbonyl (C=O) groups excluding carboxylic acids is 1. The number of nitro groups is 1. The van der Waals surface area contributed by atoms with Crippen LogP contribution in [0.15, 0.2) is 6.33 Å². The molecule has 0 saturated heterocycles. The van der Waals surface area contributed by atoms with Crippen LogP contribution in [0.25, 0.3) is 0 Å². The summed E-state index contributed by atoms with van der Waals surface area (Å²) in [6, 6.07) is -0.565. The fourth-order valence-electron chi connectivity index (χ4n) is 1.40. The molecule has 0 radical (unpaired) electrons. The van der Waals surface area contributed by atoms with Gasteiger partial charge in [0, 0.05) is 13.1 Å². The lowest BCUT2D eigenvalue weighted by atomic mass is 10.3. The number of aryl methyl sites for hydroxylation is 1. The Hall–Kier alpha value is -2.12. The van der Waals surface area contributed by atoms with Crippen molar-refractivity contribution in [3.05, 3.63) is 16.4 Å².